The van der Waals surface area contributed by atoms with Gasteiger partial charge in [0.25, 0.3) is 5.91 Å². The molecule has 0 saturated carbocycles. The highest BCUT2D eigenvalue weighted by Crippen LogP contribution is 2.21. The van der Waals surface area contributed by atoms with Gasteiger partial charge in [-0.15, -0.1) is 6.58 Å². The van der Waals surface area contributed by atoms with Gasteiger partial charge in [0.2, 0.25) is 0 Å². The molecule has 0 spiro atoms. The average molecular weight is 319 g/mol. The lowest BCUT2D eigenvalue weighted by molar-refractivity contribution is 0.0721. The molecule has 0 aliphatic carbocycles. The zero-order valence-corrected chi connectivity index (χ0v) is 12.8. The minimum atomic E-state index is -3.04. The number of hydrogen-bond donors (Lipinski definition) is 1. The number of amides is 1. The summed E-state index contributed by atoms with van der Waals surface area (Å²) in [5, 5.41) is 0. The van der Waals surface area contributed by atoms with Crippen LogP contribution in [0.3, 0.4) is 0 Å². The third-order valence-electron chi connectivity index (χ3n) is 3.90. The quantitative estimate of drug-likeness (QED) is 0.863. The topological polar surface area (TPSA) is 83.1 Å². The predicted octanol–water partition coefficient (Wildman–Crippen LogP) is 1.38. The number of aromatic nitrogens is 2. The van der Waals surface area contributed by atoms with E-state index in [0.717, 1.165) is 11.0 Å². The Morgan fingerprint density at radius 3 is 3.00 bits per heavy atom. The summed E-state index contributed by atoms with van der Waals surface area (Å²) in [5.74, 6) is -0.0182. The van der Waals surface area contributed by atoms with E-state index < -0.39 is 9.84 Å². The van der Waals surface area contributed by atoms with E-state index in [1.54, 1.807) is 35.5 Å². The first kappa shape index (κ1) is 14.8. The molecule has 1 N–H and O–H groups in total. The number of fused-ring (bicyclic) bond motifs is 1. The highest BCUT2D eigenvalue weighted by molar-refractivity contribution is 7.91. The third kappa shape index (κ3) is 2.76. The van der Waals surface area contributed by atoms with Gasteiger partial charge >= 0.3 is 0 Å². The minimum Gasteiger partial charge on any atom is -0.345 e. The van der Waals surface area contributed by atoms with Gasteiger partial charge in [0.1, 0.15) is 0 Å². The maximum Gasteiger partial charge on any atom is 0.254 e. The number of carbonyl (C=O) groups excluding carboxylic acids is 1. The van der Waals surface area contributed by atoms with Crippen molar-refractivity contribution in [1.29, 1.82) is 0 Å². The minimum absolute atomic E-state index is 0.0267. The van der Waals surface area contributed by atoms with E-state index in [1.807, 2.05) is 0 Å². The van der Waals surface area contributed by atoms with Crippen LogP contribution in [0.15, 0.2) is 37.2 Å². The molecule has 6 nitrogen and oxygen atoms in total. The molecular weight excluding hydrogens is 302 g/mol. The van der Waals surface area contributed by atoms with Crippen molar-refractivity contribution >= 4 is 26.8 Å². The van der Waals surface area contributed by atoms with Crippen molar-refractivity contribution < 1.29 is 13.2 Å². The molecule has 1 aromatic carbocycles. The van der Waals surface area contributed by atoms with Gasteiger partial charge in [0.05, 0.1) is 28.9 Å². The molecule has 116 valence electrons. The van der Waals surface area contributed by atoms with Crippen LogP contribution in [0.4, 0.5) is 0 Å². The molecule has 2 aromatic rings. The lowest BCUT2D eigenvalue weighted by Gasteiger charge is -2.27. The standard InChI is InChI=1S/C15H17N3O3S/c1-2-6-18(12-5-7-22(20,21)9-12)15(19)11-3-4-13-14(8-11)17-10-16-13/h2-4,8,10,12H,1,5-7,9H2,(H,16,17)/t12-/m0/s1. The molecule has 1 aliphatic heterocycles. The lowest BCUT2D eigenvalue weighted by atomic mass is 10.1. The lowest BCUT2D eigenvalue weighted by Crippen LogP contribution is -2.41. The molecule has 1 atom stereocenters. The average Bonchev–Trinajstić information content (AvgIpc) is 3.09. The van der Waals surface area contributed by atoms with Crippen LogP contribution in [0.2, 0.25) is 0 Å². The second-order valence-electron chi connectivity index (χ2n) is 5.44. The van der Waals surface area contributed by atoms with Crippen LogP contribution in [-0.2, 0) is 9.84 Å². The van der Waals surface area contributed by atoms with Crippen LogP contribution in [0, 0.1) is 0 Å². The second-order valence-corrected chi connectivity index (χ2v) is 7.67. The van der Waals surface area contributed by atoms with Gasteiger partial charge in [-0.25, -0.2) is 13.4 Å². The van der Waals surface area contributed by atoms with Crippen LogP contribution < -0.4 is 0 Å². The van der Waals surface area contributed by atoms with Crippen molar-refractivity contribution in [2.75, 3.05) is 18.1 Å². The molecule has 7 heteroatoms. The molecule has 0 unspecified atom stereocenters. The Morgan fingerprint density at radius 1 is 1.50 bits per heavy atom. The normalized spacial score (nSPS) is 20.1. The molecule has 1 saturated heterocycles. The summed E-state index contributed by atoms with van der Waals surface area (Å²) in [6.45, 7) is 4.00. The molecule has 1 aliphatic rings. The molecule has 2 heterocycles. The number of nitrogens with one attached hydrogen (secondary N) is 1. The van der Waals surface area contributed by atoms with Crippen LogP contribution in [0.25, 0.3) is 11.0 Å². The van der Waals surface area contributed by atoms with Crippen molar-refractivity contribution in [3.05, 3.63) is 42.7 Å². The second kappa shape index (κ2) is 5.57. The first-order valence-corrected chi connectivity index (χ1v) is 8.88. The Bertz CT molecular complexity index is 825. The Hall–Kier alpha value is -2.15. The van der Waals surface area contributed by atoms with Crippen molar-refractivity contribution in [1.82, 2.24) is 14.9 Å². The van der Waals surface area contributed by atoms with Gasteiger partial charge in [-0.3, -0.25) is 4.79 Å². The molecule has 1 amide bonds. The van der Waals surface area contributed by atoms with Crippen LogP contribution in [0.1, 0.15) is 16.8 Å². The van der Waals surface area contributed by atoms with Gasteiger partial charge in [0.15, 0.2) is 9.84 Å². The van der Waals surface area contributed by atoms with E-state index in [2.05, 4.69) is 16.5 Å². The molecule has 0 bridgehead atoms. The van der Waals surface area contributed by atoms with E-state index >= 15 is 0 Å². The maximum atomic E-state index is 12.7. The SMILES string of the molecule is C=CCN(C(=O)c1ccc2nc[nH]c2c1)[C@H]1CCS(=O)(=O)C1. The van der Waals surface area contributed by atoms with Gasteiger partial charge < -0.3 is 9.88 Å². The first-order chi connectivity index (χ1) is 10.5. The molecule has 3 rings (SSSR count). The zero-order valence-electron chi connectivity index (χ0n) is 12.0. The van der Waals surface area contributed by atoms with Crippen LogP contribution >= 0.6 is 0 Å². The van der Waals surface area contributed by atoms with Crippen LogP contribution in [-0.4, -0.2) is 53.3 Å². The summed E-state index contributed by atoms with van der Waals surface area (Å²) < 4.78 is 23.3. The van der Waals surface area contributed by atoms with Crippen molar-refractivity contribution in [3.8, 4) is 0 Å². The number of hydrogen-bond acceptors (Lipinski definition) is 4. The van der Waals surface area contributed by atoms with E-state index in [4.69, 9.17) is 0 Å². The number of nitrogens with zero attached hydrogens (tertiary/aromatic N) is 2. The Kier molecular flexibility index (Phi) is 3.74. The van der Waals surface area contributed by atoms with Gasteiger partial charge in [0, 0.05) is 18.2 Å². The Labute approximate surface area is 128 Å². The van der Waals surface area contributed by atoms with Crippen molar-refractivity contribution in [3.63, 3.8) is 0 Å². The van der Waals surface area contributed by atoms with Gasteiger partial charge in [-0.1, -0.05) is 6.08 Å². The number of H-pyrrole nitrogens is 1. The Morgan fingerprint density at radius 2 is 2.32 bits per heavy atom. The highest BCUT2D eigenvalue weighted by Gasteiger charge is 2.34. The summed E-state index contributed by atoms with van der Waals surface area (Å²) >= 11 is 0. The maximum absolute atomic E-state index is 12.7. The van der Waals surface area contributed by atoms with Crippen molar-refractivity contribution in [2.45, 2.75) is 12.5 Å². The summed E-state index contributed by atoms with van der Waals surface area (Å²) in [7, 11) is -3.04. The monoisotopic (exact) mass is 319 g/mol. The molecule has 1 fully saturated rings. The third-order valence-corrected chi connectivity index (χ3v) is 5.65. The number of sulfone groups is 1. The number of benzene rings is 1. The number of carbonyl (C=O) groups is 1. The fraction of sp³-hybridized carbons (Fsp3) is 0.333. The predicted molar refractivity (Wildman–Crippen MR) is 84.4 cm³/mol. The molecule has 0 radical (unpaired) electrons. The van der Waals surface area contributed by atoms with Gasteiger partial charge in [-0.05, 0) is 24.6 Å². The van der Waals surface area contributed by atoms with E-state index in [9.17, 15) is 13.2 Å². The Balaban J connectivity index is 1.90. The summed E-state index contributed by atoms with van der Waals surface area (Å²) in [5.41, 5.74) is 2.08. The summed E-state index contributed by atoms with van der Waals surface area (Å²) in [4.78, 5) is 21.4. The fourth-order valence-electron chi connectivity index (χ4n) is 2.79. The number of imidazole rings is 1. The first-order valence-electron chi connectivity index (χ1n) is 7.05. The molecule has 22 heavy (non-hydrogen) atoms. The zero-order chi connectivity index (χ0) is 15.7. The number of aromatic amines is 1. The fourth-order valence-corrected chi connectivity index (χ4v) is 4.52. The molecule has 1 aromatic heterocycles. The van der Waals surface area contributed by atoms with E-state index in [0.29, 0.717) is 18.5 Å². The van der Waals surface area contributed by atoms with E-state index in [1.165, 1.54) is 0 Å². The highest BCUT2D eigenvalue weighted by atomic mass is 32.2. The summed E-state index contributed by atoms with van der Waals surface area (Å²) in [6, 6.07) is 4.94. The smallest absolute Gasteiger partial charge is 0.254 e. The number of rotatable bonds is 4. The summed E-state index contributed by atoms with van der Waals surface area (Å²) in [6.07, 6.45) is 3.68. The largest absolute Gasteiger partial charge is 0.345 e. The van der Waals surface area contributed by atoms with E-state index in [-0.39, 0.29) is 23.5 Å². The molecular formula is C15H17N3O3S. The van der Waals surface area contributed by atoms with Crippen LogP contribution in [0.5, 0.6) is 0 Å². The van der Waals surface area contributed by atoms with Gasteiger partial charge in [-0.2, -0.15) is 0 Å². The van der Waals surface area contributed by atoms with Crippen molar-refractivity contribution in [2.24, 2.45) is 0 Å².